The van der Waals surface area contributed by atoms with Crippen molar-refractivity contribution in [2.45, 2.75) is 19.3 Å². The van der Waals surface area contributed by atoms with Gasteiger partial charge in [-0.15, -0.1) is 0 Å². The number of likely N-dealkylation sites (tertiary alicyclic amines) is 1. The highest BCUT2D eigenvalue weighted by molar-refractivity contribution is 6.01. The Hall–Kier alpha value is -2.67. The van der Waals surface area contributed by atoms with Crippen molar-refractivity contribution in [2.24, 2.45) is 0 Å². The van der Waals surface area contributed by atoms with Crippen LogP contribution >= 0.6 is 0 Å². The monoisotopic (exact) mass is 337 g/mol. The zero-order chi connectivity index (χ0) is 17.1. The lowest BCUT2D eigenvalue weighted by atomic mass is 10.1. The molecule has 0 radical (unpaired) electrons. The molecule has 25 heavy (non-hydrogen) atoms. The van der Waals surface area contributed by atoms with E-state index in [1.165, 1.54) is 32.4 Å². The average Bonchev–Trinajstić information content (AvgIpc) is 3.08. The second-order valence-corrected chi connectivity index (χ2v) is 6.41. The summed E-state index contributed by atoms with van der Waals surface area (Å²) in [5.74, 6) is 0.273. The van der Waals surface area contributed by atoms with Crippen LogP contribution < -0.4 is 11.1 Å². The minimum atomic E-state index is 0.273. The molecule has 7 nitrogen and oxygen atoms in total. The Kier molecular flexibility index (Phi) is 4.47. The number of anilines is 2. The van der Waals surface area contributed by atoms with Gasteiger partial charge in [-0.25, -0.2) is 15.0 Å². The van der Waals surface area contributed by atoms with Crippen LogP contribution in [0.4, 0.5) is 11.6 Å². The van der Waals surface area contributed by atoms with Crippen molar-refractivity contribution in [3.05, 3.63) is 30.7 Å². The van der Waals surface area contributed by atoms with Crippen LogP contribution in [0.3, 0.4) is 0 Å². The van der Waals surface area contributed by atoms with E-state index < -0.39 is 0 Å². The smallest absolute Gasteiger partial charge is 0.220 e. The molecule has 3 aromatic rings. The number of H-pyrrole nitrogens is 1. The van der Waals surface area contributed by atoms with E-state index >= 15 is 0 Å². The van der Waals surface area contributed by atoms with E-state index in [2.05, 4.69) is 30.2 Å². The third-order valence-electron chi connectivity index (χ3n) is 4.72. The number of aromatic amines is 1. The molecule has 1 saturated heterocycles. The quantitative estimate of drug-likeness (QED) is 0.662. The zero-order valence-corrected chi connectivity index (χ0v) is 14.2. The summed E-state index contributed by atoms with van der Waals surface area (Å²) in [6, 6.07) is 3.88. The van der Waals surface area contributed by atoms with Gasteiger partial charge >= 0.3 is 0 Å². The van der Waals surface area contributed by atoms with Crippen LogP contribution in [-0.4, -0.2) is 51.0 Å². The lowest BCUT2D eigenvalue weighted by Crippen LogP contribution is -2.33. The number of nitrogens with one attached hydrogen (secondary N) is 2. The van der Waals surface area contributed by atoms with Gasteiger partial charge in [0.05, 0.1) is 11.1 Å². The number of nitrogens with two attached hydrogens (primary N) is 1. The van der Waals surface area contributed by atoms with Gasteiger partial charge in [0.2, 0.25) is 5.95 Å². The first kappa shape index (κ1) is 15.8. The molecule has 0 saturated carbocycles. The third kappa shape index (κ3) is 3.41. The number of pyridine rings is 1. The Morgan fingerprint density at radius 3 is 2.80 bits per heavy atom. The summed E-state index contributed by atoms with van der Waals surface area (Å²) in [5.41, 5.74) is 9.43. The highest BCUT2D eigenvalue weighted by Crippen LogP contribution is 2.32. The lowest BCUT2D eigenvalue weighted by molar-refractivity contribution is 0.237. The summed E-state index contributed by atoms with van der Waals surface area (Å²) < 4.78 is 0. The summed E-state index contributed by atoms with van der Waals surface area (Å²) in [6.07, 6.45) is 9.42. The normalized spacial score (nSPS) is 15.5. The molecule has 7 heteroatoms. The van der Waals surface area contributed by atoms with Crippen molar-refractivity contribution in [1.82, 2.24) is 24.8 Å². The summed E-state index contributed by atoms with van der Waals surface area (Å²) in [5, 5.41) is 4.61. The summed E-state index contributed by atoms with van der Waals surface area (Å²) in [4.78, 5) is 18.5. The van der Waals surface area contributed by atoms with E-state index in [1.807, 2.05) is 24.5 Å². The van der Waals surface area contributed by atoms with Crippen LogP contribution in [0, 0.1) is 0 Å². The first-order chi connectivity index (χ1) is 12.3. The fourth-order valence-electron chi connectivity index (χ4n) is 3.46. The van der Waals surface area contributed by atoms with Crippen molar-refractivity contribution in [3.63, 3.8) is 0 Å². The Labute approximate surface area is 146 Å². The van der Waals surface area contributed by atoms with Gasteiger partial charge in [0, 0.05) is 42.9 Å². The van der Waals surface area contributed by atoms with E-state index in [0.717, 1.165) is 41.1 Å². The molecule has 130 valence electrons. The molecular weight excluding hydrogens is 314 g/mol. The number of fused-ring (bicyclic) bond motifs is 1. The molecule has 0 aromatic carbocycles. The Bertz CT molecular complexity index is 852. The van der Waals surface area contributed by atoms with Crippen LogP contribution in [0.25, 0.3) is 22.3 Å². The molecule has 0 amide bonds. The number of rotatable bonds is 5. The molecule has 3 aromatic heterocycles. The van der Waals surface area contributed by atoms with Gasteiger partial charge in [0.1, 0.15) is 5.65 Å². The molecule has 0 atom stereocenters. The van der Waals surface area contributed by atoms with Crippen molar-refractivity contribution < 1.29 is 0 Å². The predicted molar refractivity (Wildman–Crippen MR) is 100 cm³/mol. The molecule has 4 heterocycles. The van der Waals surface area contributed by atoms with Gasteiger partial charge in [-0.3, -0.25) is 0 Å². The molecule has 1 aliphatic heterocycles. The molecule has 4 rings (SSSR count). The van der Waals surface area contributed by atoms with Crippen molar-refractivity contribution in [2.75, 3.05) is 37.2 Å². The second-order valence-electron chi connectivity index (χ2n) is 6.41. The third-order valence-corrected chi connectivity index (χ3v) is 4.72. The first-order valence-corrected chi connectivity index (χ1v) is 8.82. The SMILES string of the molecule is Nc1nccc(-c2c[nH]c3nccc(NCCN4CCCCC4)c23)n1. The number of hydrogen-bond donors (Lipinski definition) is 3. The van der Waals surface area contributed by atoms with Crippen molar-refractivity contribution in [1.29, 1.82) is 0 Å². The summed E-state index contributed by atoms with van der Waals surface area (Å²) >= 11 is 0. The number of nitrogens with zero attached hydrogens (tertiary/aromatic N) is 4. The first-order valence-electron chi connectivity index (χ1n) is 8.82. The van der Waals surface area contributed by atoms with Crippen LogP contribution in [0.1, 0.15) is 19.3 Å². The lowest BCUT2D eigenvalue weighted by Gasteiger charge is -2.26. The largest absolute Gasteiger partial charge is 0.383 e. The van der Waals surface area contributed by atoms with Crippen molar-refractivity contribution in [3.8, 4) is 11.3 Å². The number of aromatic nitrogens is 4. The van der Waals surface area contributed by atoms with Gasteiger partial charge < -0.3 is 20.9 Å². The Balaban J connectivity index is 1.57. The number of hydrogen-bond acceptors (Lipinski definition) is 6. The van der Waals surface area contributed by atoms with Crippen LogP contribution in [0.2, 0.25) is 0 Å². The highest BCUT2D eigenvalue weighted by atomic mass is 15.1. The average molecular weight is 337 g/mol. The van der Waals surface area contributed by atoms with Gasteiger partial charge in [0.15, 0.2) is 0 Å². The topological polar surface area (TPSA) is 95.8 Å². The molecule has 0 unspecified atom stereocenters. The van der Waals surface area contributed by atoms with Gasteiger partial charge in [-0.05, 0) is 38.1 Å². The Morgan fingerprint density at radius 1 is 1.12 bits per heavy atom. The van der Waals surface area contributed by atoms with E-state index in [9.17, 15) is 0 Å². The fraction of sp³-hybridized carbons (Fsp3) is 0.389. The molecule has 0 spiro atoms. The highest BCUT2D eigenvalue weighted by Gasteiger charge is 2.14. The van der Waals surface area contributed by atoms with Gasteiger partial charge in [0.25, 0.3) is 0 Å². The van der Waals surface area contributed by atoms with E-state index in [-0.39, 0.29) is 5.95 Å². The summed E-state index contributed by atoms with van der Waals surface area (Å²) in [6.45, 7) is 4.39. The molecule has 0 bridgehead atoms. The van der Waals surface area contributed by atoms with Crippen LogP contribution in [0.5, 0.6) is 0 Å². The molecular formula is C18H23N7. The van der Waals surface area contributed by atoms with E-state index in [0.29, 0.717) is 0 Å². The van der Waals surface area contributed by atoms with Gasteiger partial charge in [-0.2, -0.15) is 0 Å². The molecule has 1 fully saturated rings. The summed E-state index contributed by atoms with van der Waals surface area (Å²) in [7, 11) is 0. The zero-order valence-electron chi connectivity index (χ0n) is 14.2. The second kappa shape index (κ2) is 7.06. The number of nitrogen functional groups attached to an aromatic ring is 1. The molecule has 1 aliphatic rings. The van der Waals surface area contributed by atoms with Crippen LogP contribution in [-0.2, 0) is 0 Å². The van der Waals surface area contributed by atoms with Gasteiger partial charge in [-0.1, -0.05) is 6.42 Å². The van der Waals surface area contributed by atoms with Crippen LogP contribution in [0.15, 0.2) is 30.7 Å². The molecule has 4 N–H and O–H groups in total. The predicted octanol–water partition coefficient (Wildman–Crippen LogP) is 2.50. The van der Waals surface area contributed by atoms with E-state index in [4.69, 9.17) is 5.73 Å². The van der Waals surface area contributed by atoms with E-state index in [1.54, 1.807) is 6.20 Å². The minimum absolute atomic E-state index is 0.273. The molecule has 0 aliphatic carbocycles. The maximum atomic E-state index is 5.74. The Morgan fingerprint density at radius 2 is 1.96 bits per heavy atom. The fourth-order valence-corrected chi connectivity index (χ4v) is 3.46. The maximum Gasteiger partial charge on any atom is 0.220 e. The standard InChI is InChI=1S/C18H23N7/c19-18-22-7-4-14(24-18)13-12-23-17-16(13)15(5-6-21-17)20-8-11-25-9-2-1-3-10-25/h4-7,12H,1-3,8-11H2,(H2,19,22,24)(H2,20,21,23). The van der Waals surface area contributed by atoms with Crippen molar-refractivity contribution >= 4 is 22.7 Å². The number of piperidine rings is 1. The maximum absolute atomic E-state index is 5.74. The minimum Gasteiger partial charge on any atom is -0.383 e.